The summed E-state index contributed by atoms with van der Waals surface area (Å²) in [7, 11) is 1.82. The summed E-state index contributed by atoms with van der Waals surface area (Å²) in [6.45, 7) is 4.12. The van der Waals surface area contributed by atoms with Crippen LogP contribution in [0.5, 0.6) is 0 Å². The van der Waals surface area contributed by atoms with Crippen LogP contribution in [-0.2, 0) is 0 Å². The predicted octanol–water partition coefficient (Wildman–Crippen LogP) is 4.40. The van der Waals surface area contributed by atoms with Crippen molar-refractivity contribution in [1.82, 2.24) is 5.32 Å². The Hall–Kier alpha value is -1.38. The zero-order valence-corrected chi connectivity index (χ0v) is 12.1. The molecule has 0 aliphatic heterocycles. The lowest BCUT2D eigenvalue weighted by Gasteiger charge is -2.19. The smallest absolute Gasteiger partial charge is 0.146 e. The lowest BCUT2D eigenvalue weighted by Crippen LogP contribution is -2.19. The Balaban J connectivity index is 2.50. The summed E-state index contributed by atoms with van der Waals surface area (Å²) < 4.78 is 14.1. The van der Waals surface area contributed by atoms with Gasteiger partial charge in [0.1, 0.15) is 5.82 Å². The first-order valence-electron chi connectivity index (χ1n) is 6.23. The molecule has 3 heteroatoms. The Morgan fingerprint density at radius 3 is 2.47 bits per heavy atom. The number of rotatable bonds is 3. The first kappa shape index (κ1) is 14.0. The minimum atomic E-state index is -0.359. The molecule has 0 amide bonds. The number of halogens is 2. The Bertz CT molecular complexity index is 595. The monoisotopic (exact) mass is 277 g/mol. The fourth-order valence-corrected chi connectivity index (χ4v) is 2.37. The van der Waals surface area contributed by atoms with Crippen molar-refractivity contribution in [3.05, 3.63) is 69.5 Å². The van der Waals surface area contributed by atoms with Gasteiger partial charge >= 0.3 is 0 Å². The van der Waals surface area contributed by atoms with Gasteiger partial charge in [-0.05, 0) is 43.7 Å². The van der Waals surface area contributed by atoms with Crippen molar-refractivity contribution in [2.75, 3.05) is 7.05 Å². The van der Waals surface area contributed by atoms with E-state index >= 15 is 0 Å². The molecule has 0 saturated heterocycles. The van der Waals surface area contributed by atoms with Crippen LogP contribution in [0.1, 0.15) is 28.3 Å². The van der Waals surface area contributed by atoms with E-state index in [9.17, 15) is 4.39 Å². The highest BCUT2D eigenvalue weighted by Gasteiger charge is 2.18. The van der Waals surface area contributed by atoms with E-state index in [4.69, 9.17) is 11.6 Å². The molecule has 1 nitrogen and oxygen atoms in total. The van der Waals surface area contributed by atoms with Gasteiger partial charge in [0.2, 0.25) is 0 Å². The van der Waals surface area contributed by atoms with Gasteiger partial charge in [-0.3, -0.25) is 0 Å². The number of hydrogen-bond donors (Lipinski definition) is 1. The molecular weight excluding hydrogens is 261 g/mol. The van der Waals surface area contributed by atoms with Crippen molar-refractivity contribution in [1.29, 1.82) is 0 Å². The summed E-state index contributed by atoms with van der Waals surface area (Å²) in [4.78, 5) is 0. The van der Waals surface area contributed by atoms with Crippen LogP contribution in [0, 0.1) is 19.7 Å². The van der Waals surface area contributed by atoms with Crippen molar-refractivity contribution in [3.63, 3.8) is 0 Å². The van der Waals surface area contributed by atoms with Crippen molar-refractivity contribution in [2.45, 2.75) is 19.9 Å². The third-order valence-corrected chi connectivity index (χ3v) is 3.74. The second kappa shape index (κ2) is 5.72. The topological polar surface area (TPSA) is 12.0 Å². The fraction of sp³-hybridized carbons (Fsp3) is 0.250. The highest BCUT2D eigenvalue weighted by molar-refractivity contribution is 6.30. The number of aryl methyl sites for hydroxylation is 2. The van der Waals surface area contributed by atoms with E-state index in [0.717, 1.165) is 5.56 Å². The van der Waals surface area contributed by atoms with Crippen LogP contribution in [0.4, 0.5) is 4.39 Å². The van der Waals surface area contributed by atoms with Gasteiger partial charge in [0.25, 0.3) is 0 Å². The van der Waals surface area contributed by atoms with Crippen LogP contribution in [-0.4, -0.2) is 7.05 Å². The fourth-order valence-electron chi connectivity index (χ4n) is 2.19. The third-order valence-electron chi connectivity index (χ3n) is 3.45. The maximum atomic E-state index is 14.1. The number of benzene rings is 2. The zero-order chi connectivity index (χ0) is 14.0. The molecule has 0 bridgehead atoms. The van der Waals surface area contributed by atoms with Crippen molar-refractivity contribution in [2.24, 2.45) is 0 Å². The molecule has 1 atom stereocenters. The average molecular weight is 278 g/mol. The molecule has 0 saturated carbocycles. The Morgan fingerprint density at radius 2 is 1.84 bits per heavy atom. The lowest BCUT2D eigenvalue weighted by molar-refractivity contribution is 0.576. The van der Waals surface area contributed by atoms with Gasteiger partial charge in [0.15, 0.2) is 0 Å². The lowest BCUT2D eigenvalue weighted by atomic mass is 9.95. The van der Waals surface area contributed by atoms with Crippen LogP contribution in [0.2, 0.25) is 5.02 Å². The van der Waals surface area contributed by atoms with Gasteiger partial charge in [-0.1, -0.05) is 41.9 Å². The van der Waals surface area contributed by atoms with E-state index in [1.807, 2.05) is 13.1 Å². The number of hydrogen-bond acceptors (Lipinski definition) is 1. The van der Waals surface area contributed by atoms with E-state index in [1.54, 1.807) is 18.2 Å². The Morgan fingerprint density at radius 1 is 1.11 bits per heavy atom. The summed E-state index contributed by atoms with van der Waals surface area (Å²) in [6, 6.07) is 11.0. The largest absolute Gasteiger partial charge is 0.309 e. The molecule has 19 heavy (non-hydrogen) atoms. The predicted molar refractivity (Wildman–Crippen MR) is 78.2 cm³/mol. The summed E-state index contributed by atoms with van der Waals surface area (Å²) in [6.07, 6.45) is 0. The standard InChI is InChI=1S/C16H17ClFN/c1-10-7-8-12(9-11(10)2)16(19-3)13-5-4-6-14(17)15(13)18/h4-9,16,19H,1-3H3. The van der Waals surface area contributed by atoms with Gasteiger partial charge in [0.05, 0.1) is 11.1 Å². The van der Waals surface area contributed by atoms with Crippen molar-refractivity contribution < 1.29 is 4.39 Å². The second-order valence-corrected chi connectivity index (χ2v) is 5.12. The molecule has 1 unspecified atom stereocenters. The van der Waals surface area contributed by atoms with Crippen LogP contribution in [0.25, 0.3) is 0 Å². The van der Waals surface area contributed by atoms with E-state index < -0.39 is 0 Å². The minimum Gasteiger partial charge on any atom is -0.309 e. The first-order chi connectivity index (χ1) is 9.04. The van der Waals surface area contributed by atoms with Crippen LogP contribution >= 0.6 is 11.6 Å². The van der Waals surface area contributed by atoms with Gasteiger partial charge in [0, 0.05) is 5.56 Å². The normalized spacial score (nSPS) is 12.5. The highest BCUT2D eigenvalue weighted by Crippen LogP contribution is 2.28. The Labute approximate surface area is 118 Å². The Kier molecular flexibility index (Phi) is 4.23. The maximum absolute atomic E-state index is 14.1. The zero-order valence-electron chi connectivity index (χ0n) is 11.3. The van der Waals surface area contributed by atoms with E-state index in [2.05, 4.69) is 31.3 Å². The van der Waals surface area contributed by atoms with Gasteiger partial charge in [-0.2, -0.15) is 0 Å². The van der Waals surface area contributed by atoms with Crippen LogP contribution < -0.4 is 5.32 Å². The third kappa shape index (κ3) is 2.80. The average Bonchev–Trinajstić information content (AvgIpc) is 2.39. The molecule has 0 aliphatic rings. The number of nitrogens with one attached hydrogen (secondary N) is 1. The maximum Gasteiger partial charge on any atom is 0.146 e. The first-order valence-corrected chi connectivity index (χ1v) is 6.60. The molecular formula is C16H17ClFN. The molecule has 2 aromatic carbocycles. The van der Waals surface area contributed by atoms with Gasteiger partial charge < -0.3 is 5.32 Å². The van der Waals surface area contributed by atoms with Crippen LogP contribution in [0.15, 0.2) is 36.4 Å². The molecule has 0 aliphatic carbocycles. The van der Waals surface area contributed by atoms with Crippen molar-refractivity contribution >= 4 is 11.6 Å². The summed E-state index contributed by atoms with van der Waals surface area (Å²) in [5.41, 5.74) is 4.02. The SMILES string of the molecule is CNC(c1ccc(C)c(C)c1)c1cccc(Cl)c1F. The highest BCUT2D eigenvalue weighted by atomic mass is 35.5. The molecule has 1 N–H and O–H groups in total. The molecule has 2 aromatic rings. The molecule has 0 fully saturated rings. The van der Waals surface area contributed by atoms with Gasteiger partial charge in [-0.25, -0.2) is 4.39 Å². The molecule has 0 aromatic heterocycles. The quantitative estimate of drug-likeness (QED) is 0.876. The molecule has 0 spiro atoms. The molecule has 0 heterocycles. The van der Waals surface area contributed by atoms with Gasteiger partial charge in [-0.15, -0.1) is 0 Å². The van der Waals surface area contributed by atoms with Crippen LogP contribution in [0.3, 0.4) is 0 Å². The molecule has 0 radical (unpaired) electrons. The summed E-state index contributed by atoms with van der Waals surface area (Å²) in [5.74, 6) is -0.359. The van der Waals surface area contributed by atoms with E-state index in [-0.39, 0.29) is 16.9 Å². The van der Waals surface area contributed by atoms with E-state index in [0.29, 0.717) is 5.56 Å². The minimum absolute atomic E-state index is 0.154. The molecule has 2 rings (SSSR count). The van der Waals surface area contributed by atoms with E-state index in [1.165, 1.54) is 11.1 Å². The molecule has 100 valence electrons. The summed E-state index contributed by atoms with van der Waals surface area (Å²) >= 11 is 5.86. The summed E-state index contributed by atoms with van der Waals surface area (Å²) in [5, 5.41) is 3.30. The van der Waals surface area contributed by atoms with Crippen molar-refractivity contribution in [3.8, 4) is 0 Å². The second-order valence-electron chi connectivity index (χ2n) is 4.71.